The van der Waals surface area contributed by atoms with Crippen LogP contribution in [0.25, 0.3) is 0 Å². The van der Waals surface area contributed by atoms with E-state index in [-0.39, 0.29) is 5.41 Å². The first-order valence-corrected chi connectivity index (χ1v) is 6.76. The smallest absolute Gasteiger partial charge is 0.0586 e. The zero-order valence-corrected chi connectivity index (χ0v) is 12.4. The molecule has 1 unspecified atom stereocenters. The van der Waals surface area contributed by atoms with Crippen LogP contribution >= 0.6 is 0 Å². The fourth-order valence-corrected chi connectivity index (χ4v) is 2.80. The molecule has 1 aromatic rings. The molecule has 106 valence electrons. The number of pyridine rings is 1. The molecular weight excluding hydrogens is 240 g/mol. The van der Waals surface area contributed by atoms with Crippen LogP contribution < -0.4 is 0 Å². The molecule has 0 radical (unpaired) electrons. The molecule has 19 heavy (non-hydrogen) atoms. The average Bonchev–Trinajstić information content (AvgIpc) is 2.78. The van der Waals surface area contributed by atoms with E-state index in [1.54, 1.807) is 7.11 Å². The van der Waals surface area contributed by atoms with Gasteiger partial charge >= 0.3 is 0 Å². The predicted octanol–water partition coefficient (Wildman–Crippen LogP) is 1.76. The van der Waals surface area contributed by atoms with Crippen molar-refractivity contribution in [1.82, 2.24) is 9.88 Å². The van der Waals surface area contributed by atoms with E-state index < -0.39 is 0 Å². The van der Waals surface area contributed by atoms with Crippen molar-refractivity contribution in [3.63, 3.8) is 0 Å². The van der Waals surface area contributed by atoms with E-state index >= 15 is 0 Å². The lowest BCUT2D eigenvalue weighted by molar-refractivity contribution is 0.106. The minimum Gasteiger partial charge on any atom is -0.384 e. The Balaban J connectivity index is 2.41. The van der Waals surface area contributed by atoms with Crippen molar-refractivity contribution in [2.75, 3.05) is 41.0 Å². The van der Waals surface area contributed by atoms with Gasteiger partial charge in [0, 0.05) is 31.4 Å². The van der Waals surface area contributed by atoms with Crippen molar-refractivity contribution in [2.45, 2.75) is 25.3 Å². The van der Waals surface area contributed by atoms with Gasteiger partial charge < -0.3 is 14.4 Å². The number of hydrogen-bond acceptors (Lipinski definition) is 4. The van der Waals surface area contributed by atoms with Gasteiger partial charge in [-0.2, -0.15) is 0 Å². The van der Waals surface area contributed by atoms with Crippen LogP contribution in [0.2, 0.25) is 0 Å². The van der Waals surface area contributed by atoms with Crippen LogP contribution in [-0.4, -0.2) is 50.9 Å². The molecule has 0 spiro atoms. The number of ether oxygens (including phenoxy) is 2. The Morgan fingerprint density at radius 2 is 2.21 bits per heavy atom. The number of hydrogen-bond donors (Lipinski definition) is 0. The van der Waals surface area contributed by atoms with Gasteiger partial charge in [0.2, 0.25) is 0 Å². The van der Waals surface area contributed by atoms with Gasteiger partial charge in [0.1, 0.15) is 0 Å². The molecule has 0 saturated carbocycles. The van der Waals surface area contributed by atoms with Crippen LogP contribution in [0.1, 0.15) is 23.4 Å². The SMILES string of the molecule is COCC1(c2ccc(C)nc2CN(C)C)CCOC1. The van der Waals surface area contributed by atoms with E-state index in [4.69, 9.17) is 14.5 Å². The van der Waals surface area contributed by atoms with Crippen LogP contribution in [0.3, 0.4) is 0 Å². The highest BCUT2D eigenvalue weighted by Gasteiger charge is 2.39. The minimum absolute atomic E-state index is 0.0270. The number of methoxy groups -OCH3 is 1. The van der Waals surface area contributed by atoms with Gasteiger partial charge in [0.25, 0.3) is 0 Å². The molecule has 1 aliphatic heterocycles. The summed E-state index contributed by atoms with van der Waals surface area (Å²) in [5, 5.41) is 0. The van der Waals surface area contributed by atoms with Crippen LogP contribution in [-0.2, 0) is 21.4 Å². The lowest BCUT2D eigenvalue weighted by Crippen LogP contribution is -2.34. The number of rotatable bonds is 5. The summed E-state index contributed by atoms with van der Waals surface area (Å²) in [4.78, 5) is 6.89. The van der Waals surface area contributed by atoms with E-state index in [1.165, 1.54) is 5.56 Å². The van der Waals surface area contributed by atoms with Crippen molar-refractivity contribution in [1.29, 1.82) is 0 Å². The Bertz CT molecular complexity index is 426. The van der Waals surface area contributed by atoms with Crippen LogP contribution in [0.5, 0.6) is 0 Å². The molecule has 4 nitrogen and oxygen atoms in total. The van der Waals surface area contributed by atoms with E-state index in [2.05, 4.69) is 31.1 Å². The molecule has 0 bridgehead atoms. The van der Waals surface area contributed by atoms with Gasteiger partial charge in [-0.25, -0.2) is 0 Å². The highest BCUT2D eigenvalue weighted by molar-refractivity contribution is 5.32. The van der Waals surface area contributed by atoms with Crippen LogP contribution in [0.15, 0.2) is 12.1 Å². The average molecular weight is 264 g/mol. The van der Waals surface area contributed by atoms with E-state index in [0.717, 1.165) is 37.6 Å². The molecular formula is C15H24N2O2. The summed E-state index contributed by atoms with van der Waals surface area (Å²) in [6.07, 6.45) is 1.01. The van der Waals surface area contributed by atoms with Crippen molar-refractivity contribution in [3.05, 3.63) is 29.1 Å². The normalized spacial score (nSPS) is 23.2. The monoisotopic (exact) mass is 264 g/mol. The Morgan fingerprint density at radius 1 is 1.42 bits per heavy atom. The largest absolute Gasteiger partial charge is 0.384 e. The zero-order valence-electron chi connectivity index (χ0n) is 12.4. The van der Waals surface area contributed by atoms with Gasteiger partial charge in [-0.15, -0.1) is 0 Å². The first-order chi connectivity index (χ1) is 9.07. The lowest BCUT2D eigenvalue weighted by Gasteiger charge is -2.29. The van der Waals surface area contributed by atoms with Gasteiger partial charge in [-0.05, 0) is 39.1 Å². The number of aromatic nitrogens is 1. The lowest BCUT2D eigenvalue weighted by atomic mass is 9.79. The first kappa shape index (κ1) is 14.4. The first-order valence-electron chi connectivity index (χ1n) is 6.76. The predicted molar refractivity (Wildman–Crippen MR) is 75.4 cm³/mol. The molecule has 2 rings (SSSR count). The highest BCUT2D eigenvalue weighted by atomic mass is 16.5. The van der Waals surface area contributed by atoms with E-state index in [1.807, 2.05) is 6.92 Å². The standard InChI is InChI=1S/C15H24N2O2/c1-12-5-6-13(14(16-12)9-17(2)3)15(10-18-4)7-8-19-11-15/h5-6H,7-11H2,1-4H3. The molecule has 0 aliphatic carbocycles. The van der Waals surface area contributed by atoms with Gasteiger partial charge in [-0.3, -0.25) is 4.98 Å². The van der Waals surface area contributed by atoms with E-state index in [0.29, 0.717) is 6.61 Å². The van der Waals surface area contributed by atoms with Crippen molar-refractivity contribution in [2.24, 2.45) is 0 Å². The Morgan fingerprint density at radius 3 is 2.79 bits per heavy atom. The maximum absolute atomic E-state index is 5.64. The number of nitrogens with zero attached hydrogens (tertiary/aromatic N) is 2. The molecule has 1 saturated heterocycles. The summed E-state index contributed by atoms with van der Waals surface area (Å²) >= 11 is 0. The quantitative estimate of drug-likeness (QED) is 0.811. The molecule has 2 heterocycles. The minimum atomic E-state index is -0.0270. The summed E-state index contributed by atoms with van der Waals surface area (Å²) in [5.74, 6) is 0. The molecule has 1 atom stereocenters. The summed E-state index contributed by atoms with van der Waals surface area (Å²) in [5.41, 5.74) is 3.46. The second-order valence-corrected chi connectivity index (χ2v) is 5.70. The third-order valence-corrected chi connectivity index (χ3v) is 3.67. The van der Waals surface area contributed by atoms with Gasteiger partial charge in [-0.1, -0.05) is 6.07 Å². The fraction of sp³-hybridized carbons (Fsp3) is 0.667. The molecule has 4 heteroatoms. The van der Waals surface area contributed by atoms with Crippen molar-refractivity contribution < 1.29 is 9.47 Å². The third-order valence-electron chi connectivity index (χ3n) is 3.67. The Hall–Kier alpha value is -0.970. The molecule has 1 aromatic heterocycles. The molecule has 1 aliphatic rings. The molecule has 1 fully saturated rings. The summed E-state index contributed by atoms with van der Waals surface area (Å²) in [6, 6.07) is 4.29. The molecule has 0 aromatic carbocycles. The number of aryl methyl sites for hydroxylation is 1. The fourth-order valence-electron chi connectivity index (χ4n) is 2.80. The summed E-state index contributed by atoms with van der Waals surface area (Å²) in [6.45, 7) is 5.11. The van der Waals surface area contributed by atoms with Gasteiger partial charge in [0.05, 0.1) is 18.9 Å². The topological polar surface area (TPSA) is 34.6 Å². The summed E-state index contributed by atoms with van der Waals surface area (Å²) in [7, 11) is 5.90. The molecule has 0 N–H and O–H groups in total. The van der Waals surface area contributed by atoms with Gasteiger partial charge in [0.15, 0.2) is 0 Å². The molecule has 0 amide bonds. The Labute approximate surface area is 115 Å². The van der Waals surface area contributed by atoms with Crippen LogP contribution in [0, 0.1) is 6.92 Å². The van der Waals surface area contributed by atoms with Crippen LogP contribution in [0.4, 0.5) is 0 Å². The maximum atomic E-state index is 5.64. The zero-order chi connectivity index (χ0) is 13.9. The highest BCUT2D eigenvalue weighted by Crippen LogP contribution is 2.35. The summed E-state index contributed by atoms with van der Waals surface area (Å²) < 4.78 is 11.1. The second-order valence-electron chi connectivity index (χ2n) is 5.70. The van der Waals surface area contributed by atoms with Crippen molar-refractivity contribution in [3.8, 4) is 0 Å². The van der Waals surface area contributed by atoms with Crippen molar-refractivity contribution >= 4 is 0 Å². The maximum Gasteiger partial charge on any atom is 0.0586 e. The Kier molecular flexibility index (Phi) is 4.55. The second kappa shape index (κ2) is 5.99. The third kappa shape index (κ3) is 3.14. The van der Waals surface area contributed by atoms with E-state index in [9.17, 15) is 0 Å².